The van der Waals surface area contributed by atoms with Crippen LogP contribution < -0.4 is 0 Å². The number of para-hydroxylation sites is 2. The molecule has 0 unspecified atom stereocenters. The van der Waals surface area contributed by atoms with Gasteiger partial charge in [-0.15, -0.1) is 0 Å². The molecule has 1 aliphatic heterocycles. The predicted octanol–water partition coefficient (Wildman–Crippen LogP) is 2.55. The van der Waals surface area contributed by atoms with Crippen LogP contribution >= 0.6 is 0 Å². The highest BCUT2D eigenvalue weighted by Gasteiger charge is 2.27. The molecular formula is C21H27N5O2. The second-order valence-electron chi connectivity index (χ2n) is 7.51. The van der Waals surface area contributed by atoms with Gasteiger partial charge in [-0.2, -0.15) is 0 Å². The maximum absolute atomic E-state index is 12.7. The number of imidazole rings is 2. The molecule has 0 spiro atoms. The summed E-state index contributed by atoms with van der Waals surface area (Å²) in [5, 5.41) is 10.5. The molecule has 2 aromatic heterocycles. The van der Waals surface area contributed by atoms with E-state index >= 15 is 0 Å². The maximum atomic E-state index is 12.7. The summed E-state index contributed by atoms with van der Waals surface area (Å²) >= 11 is 0. The van der Waals surface area contributed by atoms with Crippen molar-refractivity contribution in [3.63, 3.8) is 0 Å². The number of carbonyl (C=O) groups excluding carboxylic acids is 1. The molecule has 2 atom stereocenters. The van der Waals surface area contributed by atoms with E-state index in [1.54, 1.807) is 12.5 Å². The van der Waals surface area contributed by atoms with E-state index in [4.69, 9.17) is 0 Å². The molecule has 148 valence electrons. The number of hydrogen-bond acceptors (Lipinski definition) is 4. The molecule has 3 aromatic rings. The van der Waals surface area contributed by atoms with E-state index in [9.17, 15) is 9.90 Å². The molecule has 1 fully saturated rings. The second-order valence-corrected chi connectivity index (χ2v) is 7.51. The number of nitrogens with zero attached hydrogens (tertiary/aromatic N) is 5. The topological polar surface area (TPSA) is 76.2 Å². The van der Waals surface area contributed by atoms with E-state index in [1.807, 2.05) is 40.8 Å². The van der Waals surface area contributed by atoms with Crippen molar-refractivity contribution in [3.05, 3.63) is 48.8 Å². The number of rotatable bonds is 5. The fourth-order valence-electron chi connectivity index (χ4n) is 4.16. The van der Waals surface area contributed by atoms with Gasteiger partial charge < -0.3 is 19.1 Å². The van der Waals surface area contributed by atoms with Gasteiger partial charge in [0.15, 0.2) is 0 Å². The minimum atomic E-state index is -0.452. The standard InChI is InChI=1S/C21H27N5O2/c1-16-23-17-5-2-3-6-18(17)26(16)11-4-7-21(28)24-12-8-19(20(27)9-13-24)25-14-10-22-15-25/h2-3,5-6,10,14-15,19-20,27H,4,7-9,11-13H2,1H3/t19-,20-/m0/s1. The van der Waals surface area contributed by atoms with Gasteiger partial charge in [0.1, 0.15) is 5.82 Å². The lowest BCUT2D eigenvalue weighted by atomic mass is 10.1. The van der Waals surface area contributed by atoms with Crippen LogP contribution in [0.5, 0.6) is 0 Å². The number of aryl methyl sites for hydroxylation is 2. The first-order valence-corrected chi connectivity index (χ1v) is 9.98. The molecule has 0 radical (unpaired) electrons. The van der Waals surface area contributed by atoms with Crippen molar-refractivity contribution in [1.82, 2.24) is 24.0 Å². The number of fused-ring (bicyclic) bond motifs is 1. The van der Waals surface area contributed by atoms with Crippen LogP contribution in [0.4, 0.5) is 0 Å². The van der Waals surface area contributed by atoms with Gasteiger partial charge >= 0.3 is 0 Å². The predicted molar refractivity (Wildman–Crippen MR) is 107 cm³/mol. The Morgan fingerprint density at radius 1 is 1.25 bits per heavy atom. The number of amides is 1. The fraction of sp³-hybridized carbons (Fsp3) is 0.476. The molecule has 7 nitrogen and oxygen atoms in total. The normalized spacial score (nSPS) is 20.4. The van der Waals surface area contributed by atoms with Crippen molar-refractivity contribution in [2.45, 2.75) is 51.3 Å². The van der Waals surface area contributed by atoms with Crippen LogP contribution in [0, 0.1) is 6.92 Å². The van der Waals surface area contributed by atoms with E-state index in [0.29, 0.717) is 25.9 Å². The third-order valence-electron chi connectivity index (χ3n) is 5.71. The summed E-state index contributed by atoms with van der Waals surface area (Å²) in [5.41, 5.74) is 2.12. The average Bonchev–Trinajstić information content (AvgIpc) is 3.27. The number of likely N-dealkylation sites (tertiary alicyclic amines) is 1. The van der Waals surface area contributed by atoms with Crippen molar-refractivity contribution in [3.8, 4) is 0 Å². The Labute approximate surface area is 164 Å². The first-order chi connectivity index (χ1) is 13.6. The molecule has 0 saturated carbocycles. The van der Waals surface area contributed by atoms with Gasteiger partial charge in [0, 0.05) is 38.4 Å². The van der Waals surface area contributed by atoms with Gasteiger partial charge in [0.2, 0.25) is 5.91 Å². The third kappa shape index (κ3) is 3.80. The zero-order valence-electron chi connectivity index (χ0n) is 16.2. The number of benzene rings is 1. The minimum Gasteiger partial charge on any atom is -0.391 e. The van der Waals surface area contributed by atoms with Crippen LogP contribution in [-0.2, 0) is 11.3 Å². The highest BCUT2D eigenvalue weighted by molar-refractivity contribution is 5.77. The molecule has 7 heteroatoms. The molecule has 3 heterocycles. The van der Waals surface area contributed by atoms with Crippen LogP contribution in [0.1, 0.15) is 37.5 Å². The molecule has 28 heavy (non-hydrogen) atoms. The minimum absolute atomic E-state index is 0.0136. The highest BCUT2D eigenvalue weighted by atomic mass is 16.3. The molecule has 0 bridgehead atoms. The molecule has 0 aliphatic carbocycles. The van der Waals surface area contributed by atoms with Gasteiger partial charge in [0.05, 0.1) is 29.5 Å². The van der Waals surface area contributed by atoms with Gasteiger partial charge in [-0.05, 0) is 38.3 Å². The van der Waals surface area contributed by atoms with E-state index < -0.39 is 6.10 Å². The molecule has 4 rings (SSSR count). The van der Waals surface area contributed by atoms with Gasteiger partial charge in [-0.25, -0.2) is 9.97 Å². The lowest BCUT2D eigenvalue weighted by Crippen LogP contribution is -2.32. The monoisotopic (exact) mass is 381 g/mol. The average molecular weight is 381 g/mol. The zero-order chi connectivity index (χ0) is 19.5. The van der Waals surface area contributed by atoms with Crippen molar-refractivity contribution in [2.24, 2.45) is 0 Å². The van der Waals surface area contributed by atoms with Crippen LogP contribution in [-0.4, -0.2) is 54.2 Å². The van der Waals surface area contributed by atoms with E-state index in [2.05, 4.69) is 20.6 Å². The summed E-state index contributed by atoms with van der Waals surface area (Å²) in [6.45, 7) is 4.07. The van der Waals surface area contributed by atoms with Crippen LogP contribution in [0.3, 0.4) is 0 Å². The van der Waals surface area contributed by atoms with Crippen LogP contribution in [0.25, 0.3) is 11.0 Å². The summed E-state index contributed by atoms with van der Waals surface area (Å²) in [4.78, 5) is 23.3. The second kappa shape index (κ2) is 8.14. The zero-order valence-corrected chi connectivity index (χ0v) is 16.2. The Morgan fingerprint density at radius 2 is 2.07 bits per heavy atom. The molecule has 1 aliphatic rings. The first kappa shape index (κ1) is 18.7. The maximum Gasteiger partial charge on any atom is 0.222 e. The summed E-state index contributed by atoms with van der Waals surface area (Å²) in [5.74, 6) is 1.15. The summed E-state index contributed by atoms with van der Waals surface area (Å²) < 4.78 is 4.13. The van der Waals surface area contributed by atoms with E-state index in [1.165, 1.54) is 0 Å². The van der Waals surface area contributed by atoms with Gasteiger partial charge in [0.25, 0.3) is 0 Å². The number of carbonyl (C=O) groups is 1. The van der Waals surface area contributed by atoms with E-state index in [-0.39, 0.29) is 11.9 Å². The molecule has 1 amide bonds. The number of aliphatic hydroxyl groups excluding tert-OH is 1. The lowest BCUT2D eigenvalue weighted by Gasteiger charge is -2.21. The van der Waals surface area contributed by atoms with Crippen molar-refractivity contribution in [1.29, 1.82) is 0 Å². The third-order valence-corrected chi connectivity index (χ3v) is 5.71. The molecule has 1 N–H and O–H groups in total. The summed E-state index contributed by atoms with van der Waals surface area (Å²) in [7, 11) is 0. The van der Waals surface area contributed by atoms with Crippen LogP contribution in [0.2, 0.25) is 0 Å². The van der Waals surface area contributed by atoms with Crippen molar-refractivity contribution in [2.75, 3.05) is 13.1 Å². The molecule has 1 aromatic carbocycles. The number of hydrogen-bond donors (Lipinski definition) is 1. The largest absolute Gasteiger partial charge is 0.391 e. The van der Waals surface area contributed by atoms with Crippen LogP contribution in [0.15, 0.2) is 43.0 Å². The smallest absolute Gasteiger partial charge is 0.222 e. The molecular weight excluding hydrogens is 354 g/mol. The fourth-order valence-corrected chi connectivity index (χ4v) is 4.16. The SMILES string of the molecule is Cc1nc2ccccc2n1CCCC(=O)N1CC[C@H](O)[C@@H](n2ccnc2)CC1. The molecule has 1 saturated heterocycles. The Kier molecular flexibility index (Phi) is 5.43. The quantitative estimate of drug-likeness (QED) is 0.737. The Balaban J connectivity index is 1.33. The van der Waals surface area contributed by atoms with Crippen molar-refractivity contribution >= 4 is 16.9 Å². The Bertz CT molecular complexity index is 934. The number of aliphatic hydroxyl groups is 1. The Morgan fingerprint density at radius 3 is 2.89 bits per heavy atom. The van der Waals surface area contributed by atoms with Crippen molar-refractivity contribution < 1.29 is 9.90 Å². The summed E-state index contributed by atoms with van der Waals surface area (Å²) in [6, 6.07) is 8.09. The number of aromatic nitrogens is 4. The summed E-state index contributed by atoms with van der Waals surface area (Å²) in [6.07, 6.45) is 7.53. The van der Waals surface area contributed by atoms with E-state index in [0.717, 1.165) is 36.2 Å². The highest BCUT2D eigenvalue weighted by Crippen LogP contribution is 2.24. The Hall–Kier alpha value is -2.67. The van der Waals surface area contributed by atoms with Gasteiger partial charge in [-0.1, -0.05) is 12.1 Å². The lowest BCUT2D eigenvalue weighted by molar-refractivity contribution is -0.131. The van der Waals surface area contributed by atoms with Gasteiger partial charge in [-0.3, -0.25) is 4.79 Å². The first-order valence-electron chi connectivity index (χ1n) is 9.98.